The van der Waals surface area contributed by atoms with Crippen LogP contribution in [-0.4, -0.2) is 4.98 Å². The van der Waals surface area contributed by atoms with Gasteiger partial charge in [0.1, 0.15) is 16.6 Å². The van der Waals surface area contributed by atoms with Crippen molar-refractivity contribution in [3.05, 3.63) is 76.3 Å². The Bertz CT molecular complexity index is 898. The minimum atomic E-state index is -0.484. The molecule has 0 aliphatic rings. The normalized spacial score (nSPS) is 13.0. The van der Waals surface area contributed by atoms with Crippen LogP contribution in [0.3, 0.4) is 0 Å². The highest BCUT2D eigenvalue weighted by Gasteiger charge is 2.28. The molecule has 0 spiro atoms. The number of thiazole rings is 1. The fraction of sp³-hybridized carbons (Fsp3) is 0.286. The van der Waals surface area contributed by atoms with E-state index in [-0.39, 0.29) is 17.0 Å². The van der Waals surface area contributed by atoms with Gasteiger partial charge in [-0.1, -0.05) is 51.1 Å². The smallest absolute Gasteiger partial charge is 0.133 e. The topological polar surface area (TPSA) is 38.9 Å². The summed E-state index contributed by atoms with van der Waals surface area (Å²) in [7, 11) is 0. The molecule has 1 aromatic heterocycles. The molecule has 0 amide bonds. The maximum atomic E-state index is 14.2. The van der Waals surface area contributed by atoms with Gasteiger partial charge in [0.05, 0.1) is 11.7 Å². The van der Waals surface area contributed by atoms with Crippen LogP contribution in [0.5, 0.6) is 0 Å². The first-order valence-corrected chi connectivity index (χ1v) is 9.32. The molecule has 2 aromatic carbocycles. The van der Waals surface area contributed by atoms with Gasteiger partial charge in [0.2, 0.25) is 0 Å². The van der Waals surface area contributed by atoms with Gasteiger partial charge < -0.3 is 5.73 Å². The van der Waals surface area contributed by atoms with E-state index in [1.54, 1.807) is 0 Å². The average molecular weight is 372 g/mol. The summed E-state index contributed by atoms with van der Waals surface area (Å²) in [6.07, 6.45) is 0.661. The standard InChI is InChI=1S/C21H22F2N2S/c1-21(2,3)19(24)18-17(11-13-7-5-4-6-8-13)26-20(25-18)15-12-14(22)9-10-16(15)23/h4-10,12,19H,11,24H2,1-3H3/t19-/m0/s1. The van der Waals surface area contributed by atoms with Crippen molar-refractivity contribution in [3.63, 3.8) is 0 Å². The maximum Gasteiger partial charge on any atom is 0.133 e. The van der Waals surface area contributed by atoms with Crippen molar-refractivity contribution in [2.24, 2.45) is 11.1 Å². The molecule has 0 saturated carbocycles. The van der Waals surface area contributed by atoms with Gasteiger partial charge >= 0.3 is 0 Å². The molecule has 2 nitrogen and oxygen atoms in total. The second kappa shape index (κ2) is 7.25. The van der Waals surface area contributed by atoms with Gasteiger partial charge in [-0.15, -0.1) is 11.3 Å². The van der Waals surface area contributed by atoms with Crippen molar-refractivity contribution in [1.82, 2.24) is 4.98 Å². The molecule has 0 bridgehead atoms. The molecule has 2 N–H and O–H groups in total. The van der Waals surface area contributed by atoms with Crippen molar-refractivity contribution in [2.75, 3.05) is 0 Å². The number of rotatable bonds is 4. The van der Waals surface area contributed by atoms with Crippen LogP contribution < -0.4 is 5.73 Å². The minimum Gasteiger partial charge on any atom is -0.322 e. The highest BCUT2D eigenvalue weighted by molar-refractivity contribution is 7.15. The number of hydrogen-bond acceptors (Lipinski definition) is 3. The first-order chi connectivity index (χ1) is 12.3. The molecule has 1 heterocycles. The van der Waals surface area contributed by atoms with Crippen LogP contribution >= 0.6 is 11.3 Å². The molecular formula is C21H22F2N2S. The molecule has 0 aliphatic heterocycles. The third-order valence-electron chi connectivity index (χ3n) is 4.32. The molecule has 1 atom stereocenters. The zero-order valence-corrected chi connectivity index (χ0v) is 15.9. The van der Waals surface area contributed by atoms with E-state index >= 15 is 0 Å². The van der Waals surface area contributed by atoms with E-state index in [1.807, 2.05) is 51.1 Å². The van der Waals surface area contributed by atoms with Crippen LogP contribution in [-0.2, 0) is 6.42 Å². The van der Waals surface area contributed by atoms with Crippen molar-refractivity contribution >= 4 is 11.3 Å². The summed E-state index contributed by atoms with van der Waals surface area (Å²) in [6, 6.07) is 13.1. The fourth-order valence-corrected chi connectivity index (χ4v) is 3.86. The zero-order valence-electron chi connectivity index (χ0n) is 15.1. The van der Waals surface area contributed by atoms with Gasteiger partial charge in [0.15, 0.2) is 0 Å². The van der Waals surface area contributed by atoms with E-state index in [0.717, 1.165) is 28.3 Å². The predicted molar refractivity (Wildman–Crippen MR) is 103 cm³/mol. The Labute approximate surface area is 156 Å². The fourth-order valence-electron chi connectivity index (χ4n) is 2.70. The van der Waals surface area contributed by atoms with Gasteiger partial charge in [-0.05, 0) is 29.2 Å². The van der Waals surface area contributed by atoms with Gasteiger partial charge in [0, 0.05) is 16.9 Å². The molecule has 0 unspecified atom stereocenters. The predicted octanol–water partition coefficient (Wildman–Crippen LogP) is 5.73. The molecular weight excluding hydrogens is 350 g/mol. The summed E-state index contributed by atoms with van der Waals surface area (Å²) in [5.41, 5.74) is 8.33. The molecule has 136 valence electrons. The zero-order chi connectivity index (χ0) is 18.9. The molecule has 3 rings (SSSR count). The number of nitrogens with zero attached hydrogens (tertiary/aromatic N) is 1. The lowest BCUT2D eigenvalue weighted by atomic mass is 9.84. The molecule has 26 heavy (non-hydrogen) atoms. The molecule has 0 saturated heterocycles. The first kappa shape index (κ1) is 18.7. The molecule has 0 radical (unpaired) electrons. The largest absolute Gasteiger partial charge is 0.322 e. The van der Waals surface area contributed by atoms with Crippen molar-refractivity contribution in [2.45, 2.75) is 33.2 Å². The maximum absolute atomic E-state index is 14.2. The SMILES string of the molecule is CC(C)(C)[C@@H](N)c1nc(-c2cc(F)ccc2F)sc1Cc1ccccc1. The Kier molecular flexibility index (Phi) is 5.21. The van der Waals surface area contributed by atoms with Crippen molar-refractivity contribution in [1.29, 1.82) is 0 Å². The second-order valence-electron chi connectivity index (χ2n) is 7.46. The lowest BCUT2D eigenvalue weighted by Crippen LogP contribution is -2.27. The van der Waals surface area contributed by atoms with Crippen molar-refractivity contribution < 1.29 is 8.78 Å². The highest BCUT2D eigenvalue weighted by atomic mass is 32.1. The van der Waals surface area contributed by atoms with E-state index in [0.29, 0.717) is 11.4 Å². The van der Waals surface area contributed by atoms with Crippen LogP contribution in [0.25, 0.3) is 10.6 Å². The molecule has 0 fully saturated rings. The third-order valence-corrected chi connectivity index (χ3v) is 5.43. The van der Waals surface area contributed by atoms with Crippen LogP contribution in [0.2, 0.25) is 0 Å². The van der Waals surface area contributed by atoms with E-state index in [4.69, 9.17) is 5.73 Å². The molecule has 3 aromatic rings. The van der Waals surface area contributed by atoms with Gasteiger partial charge in [0.25, 0.3) is 0 Å². The Morgan fingerprint density at radius 2 is 1.77 bits per heavy atom. The number of halogens is 2. The number of nitrogens with two attached hydrogens (primary N) is 1. The lowest BCUT2D eigenvalue weighted by Gasteiger charge is -2.26. The summed E-state index contributed by atoms with van der Waals surface area (Å²) < 4.78 is 27.8. The highest BCUT2D eigenvalue weighted by Crippen LogP contribution is 2.38. The van der Waals surface area contributed by atoms with E-state index in [2.05, 4.69) is 4.98 Å². The van der Waals surface area contributed by atoms with Crippen LogP contribution in [0.1, 0.15) is 42.9 Å². The molecule has 0 aliphatic carbocycles. The monoisotopic (exact) mass is 372 g/mol. The van der Waals surface area contributed by atoms with Crippen LogP contribution in [0.4, 0.5) is 8.78 Å². The third kappa shape index (κ3) is 4.00. The Morgan fingerprint density at radius 3 is 2.42 bits per heavy atom. The summed E-state index contributed by atoms with van der Waals surface area (Å²) in [6.45, 7) is 6.14. The van der Waals surface area contributed by atoms with Crippen molar-refractivity contribution in [3.8, 4) is 10.6 Å². The quantitative estimate of drug-likeness (QED) is 0.636. The number of aromatic nitrogens is 1. The Hall–Kier alpha value is -2.11. The van der Waals surface area contributed by atoms with E-state index in [1.165, 1.54) is 17.4 Å². The van der Waals surface area contributed by atoms with Gasteiger partial charge in [-0.2, -0.15) is 0 Å². The van der Waals surface area contributed by atoms with Crippen LogP contribution in [0, 0.1) is 17.0 Å². The molecule has 5 heteroatoms. The number of benzene rings is 2. The second-order valence-corrected chi connectivity index (χ2v) is 8.54. The Balaban J connectivity index is 2.09. The summed E-state index contributed by atoms with van der Waals surface area (Å²) >= 11 is 1.38. The average Bonchev–Trinajstić information content (AvgIpc) is 2.99. The first-order valence-electron chi connectivity index (χ1n) is 8.50. The Morgan fingerprint density at radius 1 is 1.08 bits per heavy atom. The number of hydrogen-bond donors (Lipinski definition) is 1. The summed E-state index contributed by atoms with van der Waals surface area (Å²) in [4.78, 5) is 5.62. The van der Waals surface area contributed by atoms with E-state index in [9.17, 15) is 8.78 Å². The lowest BCUT2D eigenvalue weighted by molar-refractivity contribution is 0.321. The van der Waals surface area contributed by atoms with E-state index < -0.39 is 11.6 Å². The van der Waals surface area contributed by atoms with Crippen LogP contribution in [0.15, 0.2) is 48.5 Å². The summed E-state index contributed by atoms with van der Waals surface area (Å²) in [5.74, 6) is -0.967. The summed E-state index contributed by atoms with van der Waals surface area (Å²) in [5, 5.41) is 0.461. The van der Waals surface area contributed by atoms with Gasteiger partial charge in [-0.3, -0.25) is 0 Å². The minimum absolute atomic E-state index is 0.177. The van der Waals surface area contributed by atoms with Gasteiger partial charge in [-0.25, -0.2) is 13.8 Å².